The maximum atomic E-state index is 12.2. The van der Waals surface area contributed by atoms with Crippen molar-refractivity contribution >= 4 is 27.4 Å². The van der Waals surface area contributed by atoms with Gasteiger partial charge in [0.1, 0.15) is 0 Å². The summed E-state index contributed by atoms with van der Waals surface area (Å²) in [4.78, 5) is 14.5. The Morgan fingerprint density at radius 3 is 3.06 bits per heavy atom. The fourth-order valence-electron chi connectivity index (χ4n) is 2.84. The van der Waals surface area contributed by atoms with Crippen molar-refractivity contribution < 1.29 is 4.79 Å². The number of ketones is 1. The van der Waals surface area contributed by atoms with Crippen molar-refractivity contribution in [1.82, 2.24) is 0 Å². The first-order valence-corrected chi connectivity index (χ1v) is 6.57. The third-order valence-electron chi connectivity index (χ3n) is 3.55. The van der Waals surface area contributed by atoms with Gasteiger partial charge in [0, 0.05) is 29.0 Å². The van der Waals surface area contributed by atoms with Crippen LogP contribution < -0.4 is 4.90 Å². The molecule has 3 heteroatoms. The number of hydrogen-bond donors (Lipinski definition) is 0. The average molecular weight is 280 g/mol. The highest BCUT2D eigenvalue weighted by Crippen LogP contribution is 2.38. The molecule has 0 aliphatic carbocycles. The van der Waals surface area contributed by atoms with Crippen LogP contribution in [0.5, 0.6) is 0 Å². The number of Topliss-reactive ketones (excluding diaryl/α,β-unsaturated/α-hetero) is 1. The molecule has 2 nitrogen and oxygen atoms in total. The minimum absolute atomic E-state index is 0.132. The van der Waals surface area contributed by atoms with Crippen LogP contribution in [0.1, 0.15) is 29.3 Å². The first-order chi connectivity index (χ1) is 7.66. The van der Waals surface area contributed by atoms with Crippen LogP contribution >= 0.6 is 15.9 Å². The zero-order valence-electron chi connectivity index (χ0n) is 9.29. The molecule has 0 spiro atoms. The summed E-state index contributed by atoms with van der Waals surface area (Å²) < 4.78 is 1.03. The minimum atomic E-state index is 0.132. The highest BCUT2D eigenvalue weighted by atomic mass is 79.9. The molecule has 0 saturated heterocycles. The van der Waals surface area contributed by atoms with E-state index in [0.29, 0.717) is 5.78 Å². The van der Waals surface area contributed by atoms with Crippen LogP contribution in [0.25, 0.3) is 0 Å². The van der Waals surface area contributed by atoms with Gasteiger partial charge in [-0.25, -0.2) is 0 Å². The molecular formula is C13H14BrNO. The van der Waals surface area contributed by atoms with Gasteiger partial charge < -0.3 is 4.90 Å². The van der Waals surface area contributed by atoms with E-state index in [1.807, 2.05) is 13.0 Å². The summed E-state index contributed by atoms with van der Waals surface area (Å²) in [6.45, 7) is 4.01. The quantitative estimate of drug-likeness (QED) is 0.728. The van der Waals surface area contributed by atoms with E-state index in [0.717, 1.165) is 29.5 Å². The first-order valence-electron chi connectivity index (χ1n) is 5.78. The van der Waals surface area contributed by atoms with Crippen LogP contribution in [0.3, 0.4) is 0 Å². The van der Waals surface area contributed by atoms with Gasteiger partial charge in [-0.1, -0.05) is 22.9 Å². The molecule has 3 rings (SSSR count). The summed E-state index contributed by atoms with van der Waals surface area (Å²) in [7, 11) is 0. The Kier molecular flexibility index (Phi) is 2.32. The second-order valence-corrected chi connectivity index (χ2v) is 5.69. The summed E-state index contributed by atoms with van der Waals surface area (Å²) in [6, 6.07) is 4.14. The van der Waals surface area contributed by atoms with Gasteiger partial charge in [0.05, 0.1) is 5.69 Å². The number of anilines is 1. The van der Waals surface area contributed by atoms with Gasteiger partial charge in [-0.15, -0.1) is 0 Å². The molecule has 16 heavy (non-hydrogen) atoms. The third-order valence-corrected chi connectivity index (χ3v) is 4.01. The normalized spacial score (nSPS) is 23.2. The molecule has 1 atom stereocenters. The number of carbonyl (C=O) groups excluding carboxylic acids is 1. The molecule has 0 bridgehead atoms. The summed E-state index contributed by atoms with van der Waals surface area (Å²) in [5, 5.41) is 0. The summed E-state index contributed by atoms with van der Waals surface area (Å²) >= 11 is 3.50. The van der Waals surface area contributed by atoms with Crippen molar-refractivity contribution in [3.63, 3.8) is 0 Å². The number of hydrogen-bond acceptors (Lipinski definition) is 2. The lowest BCUT2D eigenvalue weighted by Crippen LogP contribution is -2.41. The average Bonchev–Trinajstić information content (AvgIpc) is 2.25. The Bertz CT molecular complexity index is 469. The number of halogens is 1. The predicted octanol–water partition coefficient (Wildman–Crippen LogP) is 3.03. The SMILES string of the molecule is CC1CN2CCCc3cc(Br)cc(c32)C1=O. The largest absolute Gasteiger partial charge is 0.370 e. The van der Waals surface area contributed by atoms with Gasteiger partial charge in [0.25, 0.3) is 0 Å². The summed E-state index contributed by atoms with van der Waals surface area (Å²) in [6.07, 6.45) is 2.30. The second kappa shape index (κ2) is 3.59. The smallest absolute Gasteiger partial charge is 0.169 e. The second-order valence-electron chi connectivity index (χ2n) is 4.78. The van der Waals surface area contributed by atoms with E-state index in [1.165, 1.54) is 17.7 Å². The van der Waals surface area contributed by atoms with Crippen molar-refractivity contribution in [1.29, 1.82) is 0 Å². The number of aryl methyl sites for hydroxylation is 1. The highest BCUT2D eigenvalue weighted by molar-refractivity contribution is 9.10. The van der Waals surface area contributed by atoms with Gasteiger partial charge in [-0.05, 0) is 30.5 Å². The molecule has 1 unspecified atom stereocenters. The Morgan fingerprint density at radius 1 is 1.44 bits per heavy atom. The maximum Gasteiger partial charge on any atom is 0.169 e. The topological polar surface area (TPSA) is 20.3 Å². The van der Waals surface area contributed by atoms with E-state index < -0.39 is 0 Å². The van der Waals surface area contributed by atoms with E-state index in [2.05, 4.69) is 26.9 Å². The third kappa shape index (κ3) is 1.41. The number of nitrogens with zero attached hydrogens (tertiary/aromatic N) is 1. The van der Waals surface area contributed by atoms with Crippen LogP contribution in [-0.2, 0) is 6.42 Å². The fourth-order valence-corrected chi connectivity index (χ4v) is 3.35. The Morgan fingerprint density at radius 2 is 2.25 bits per heavy atom. The molecule has 0 N–H and O–H groups in total. The lowest BCUT2D eigenvalue weighted by atomic mass is 9.87. The van der Waals surface area contributed by atoms with Gasteiger partial charge in [0.15, 0.2) is 5.78 Å². The van der Waals surface area contributed by atoms with Crippen molar-refractivity contribution in [2.75, 3.05) is 18.0 Å². The summed E-state index contributed by atoms with van der Waals surface area (Å²) in [5.74, 6) is 0.434. The standard InChI is InChI=1S/C13H14BrNO/c1-8-7-15-4-2-3-9-5-10(14)6-11(12(9)15)13(8)16/h5-6,8H,2-4,7H2,1H3. The number of rotatable bonds is 0. The van der Waals surface area contributed by atoms with Gasteiger partial charge in [-0.2, -0.15) is 0 Å². The van der Waals surface area contributed by atoms with Crippen LogP contribution in [-0.4, -0.2) is 18.9 Å². The van der Waals surface area contributed by atoms with E-state index in [9.17, 15) is 4.79 Å². The molecule has 0 saturated carbocycles. The Hall–Kier alpha value is -0.830. The summed E-state index contributed by atoms with van der Waals surface area (Å²) in [5.41, 5.74) is 3.45. The Labute approximate surface area is 104 Å². The monoisotopic (exact) mass is 279 g/mol. The van der Waals surface area contributed by atoms with Gasteiger partial charge in [0.2, 0.25) is 0 Å². The molecule has 84 valence electrons. The van der Waals surface area contributed by atoms with Crippen molar-refractivity contribution in [3.8, 4) is 0 Å². The fraction of sp³-hybridized carbons (Fsp3) is 0.462. The van der Waals surface area contributed by atoms with E-state index in [1.54, 1.807) is 0 Å². The number of benzene rings is 1. The number of carbonyl (C=O) groups is 1. The molecule has 0 fully saturated rings. The molecule has 1 aromatic rings. The van der Waals surface area contributed by atoms with E-state index in [4.69, 9.17) is 0 Å². The molecule has 1 aromatic carbocycles. The van der Waals surface area contributed by atoms with Crippen LogP contribution in [0.2, 0.25) is 0 Å². The molecule has 2 aliphatic heterocycles. The van der Waals surface area contributed by atoms with Crippen LogP contribution in [0.4, 0.5) is 5.69 Å². The highest BCUT2D eigenvalue weighted by Gasteiger charge is 2.32. The van der Waals surface area contributed by atoms with E-state index in [-0.39, 0.29) is 5.92 Å². The van der Waals surface area contributed by atoms with Crippen LogP contribution in [0.15, 0.2) is 16.6 Å². The molecule has 0 amide bonds. The molecule has 0 radical (unpaired) electrons. The first kappa shape index (κ1) is 10.3. The van der Waals surface area contributed by atoms with Crippen molar-refractivity contribution in [2.45, 2.75) is 19.8 Å². The molecule has 2 aliphatic rings. The zero-order chi connectivity index (χ0) is 11.3. The molecule has 0 aromatic heterocycles. The van der Waals surface area contributed by atoms with Crippen molar-refractivity contribution in [3.05, 3.63) is 27.7 Å². The van der Waals surface area contributed by atoms with Crippen LogP contribution in [0, 0.1) is 5.92 Å². The zero-order valence-corrected chi connectivity index (χ0v) is 10.9. The van der Waals surface area contributed by atoms with Gasteiger partial charge >= 0.3 is 0 Å². The minimum Gasteiger partial charge on any atom is -0.370 e. The maximum absolute atomic E-state index is 12.2. The lowest BCUT2D eigenvalue weighted by Gasteiger charge is -2.38. The Balaban J connectivity index is 2.24. The van der Waals surface area contributed by atoms with Crippen molar-refractivity contribution in [2.24, 2.45) is 5.92 Å². The lowest BCUT2D eigenvalue weighted by molar-refractivity contribution is 0.0925. The van der Waals surface area contributed by atoms with E-state index >= 15 is 0 Å². The molecular weight excluding hydrogens is 266 g/mol. The van der Waals surface area contributed by atoms with Gasteiger partial charge in [-0.3, -0.25) is 4.79 Å². The molecule has 2 heterocycles. The predicted molar refractivity (Wildman–Crippen MR) is 68.2 cm³/mol.